The minimum Gasteiger partial charge on any atom is -0.399 e. The van der Waals surface area contributed by atoms with Gasteiger partial charge in [-0.15, -0.1) is 0 Å². The first kappa shape index (κ1) is 11.6. The van der Waals surface area contributed by atoms with E-state index in [0.29, 0.717) is 6.54 Å². The largest absolute Gasteiger partial charge is 0.399 e. The molecule has 2 unspecified atom stereocenters. The van der Waals surface area contributed by atoms with E-state index in [-0.39, 0.29) is 11.8 Å². The van der Waals surface area contributed by atoms with Gasteiger partial charge in [-0.25, -0.2) is 0 Å². The molecule has 2 aliphatic rings. The number of anilines is 1. The molecule has 2 atom stereocenters. The number of hydrogen-bond donors (Lipinski definition) is 2. The van der Waals surface area contributed by atoms with E-state index >= 15 is 0 Å². The van der Waals surface area contributed by atoms with Crippen molar-refractivity contribution in [3.05, 3.63) is 29.3 Å². The Morgan fingerprint density at radius 2 is 2.06 bits per heavy atom. The number of carbonyl (C=O) groups excluding carboxylic acids is 1. The molecule has 2 fully saturated rings. The molecule has 0 aliphatic heterocycles. The summed E-state index contributed by atoms with van der Waals surface area (Å²) in [6, 6.07) is 5.86. The summed E-state index contributed by atoms with van der Waals surface area (Å²) in [7, 11) is 0. The first-order chi connectivity index (χ1) is 8.65. The maximum absolute atomic E-state index is 12.0. The van der Waals surface area contributed by atoms with Crippen LogP contribution >= 0.6 is 0 Å². The van der Waals surface area contributed by atoms with Crippen LogP contribution in [-0.2, 0) is 11.3 Å². The molecule has 0 bridgehead atoms. The molecule has 3 nitrogen and oxygen atoms in total. The zero-order chi connectivity index (χ0) is 12.7. The van der Waals surface area contributed by atoms with Crippen LogP contribution in [0, 0.1) is 24.7 Å². The van der Waals surface area contributed by atoms with Crippen molar-refractivity contribution >= 4 is 11.6 Å². The van der Waals surface area contributed by atoms with Gasteiger partial charge in [0.05, 0.1) is 0 Å². The summed E-state index contributed by atoms with van der Waals surface area (Å²) in [5, 5.41) is 3.06. The normalized spacial score (nSPS) is 28.8. The summed E-state index contributed by atoms with van der Waals surface area (Å²) >= 11 is 0. The molecule has 0 radical (unpaired) electrons. The average molecular weight is 244 g/mol. The van der Waals surface area contributed by atoms with Crippen LogP contribution in [0.3, 0.4) is 0 Å². The van der Waals surface area contributed by atoms with Crippen molar-refractivity contribution in [1.82, 2.24) is 5.32 Å². The highest BCUT2D eigenvalue weighted by atomic mass is 16.1. The zero-order valence-corrected chi connectivity index (χ0v) is 10.8. The molecule has 3 heteroatoms. The third-order valence-electron chi connectivity index (χ3n) is 4.56. The van der Waals surface area contributed by atoms with Crippen molar-refractivity contribution < 1.29 is 4.79 Å². The van der Waals surface area contributed by atoms with Crippen LogP contribution in [0.2, 0.25) is 0 Å². The summed E-state index contributed by atoms with van der Waals surface area (Å²) in [5.41, 5.74) is 8.85. The standard InChI is InChI=1S/C15H20N2O/c1-9-10(3-2-4-14(9)16)8-17-15(18)13-6-11-5-12(11)7-13/h2-4,11-13H,5-8,16H2,1H3,(H,17,18). The van der Waals surface area contributed by atoms with Crippen LogP contribution < -0.4 is 11.1 Å². The highest BCUT2D eigenvalue weighted by molar-refractivity contribution is 5.79. The van der Waals surface area contributed by atoms with Gasteiger partial charge < -0.3 is 11.1 Å². The summed E-state index contributed by atoms with van der Waals surface area (Å²) in [6.45, 7) is 2.60. The number of rotatable bonds is 3. The monoisotopic (exact) mass is 244 g/mol. The Morgan fingerprint density at radius 1 is 1.33 bits per heavy atom. The second-order valence-corrected chi connectivity index (χ2v) is 5.77. The fourth-order valence-corrected chi connectivity index (χ4v) is 3.15. The van der Waals surface area contributed by atoms with Crippen LogP contribution in [0.1, 0.15) is 30.4 Å². The quantitative estimate of drug-likeness (QED) is 0.801. The summed E-state index contributed by atoms with van der Waals surface area (Å²) in [4.78, 5) is 12.0. The number of amides is 1. The lowest BCUT2D eigenvalue weighted by atomic mass is 10.0. The van der Waals surface area contributed by atoms with E-state index in [9.17, 15) is 4.79 Å². The van der Waals surface area contributed by atoms with Gasteiger partial charge >= 0.3 is 0 Å². The van der Waals surface area contributed by atoms with Crippen LogP contribution in [0.15, 0.2) is 18.2 Å². The maximum Gasteiger partial charge on any atom is 0.223 e. The molecular weight excluding hydrogens is 224 g/mol. The molecule has 0 heterocycles. The fourth-order valence-electron chi connectivity index (χ4n) is 3.15. The average Bonchev–Trinajstić information content (AvgIpc) is 2.97. The van der Waals surface area contributed by atoms with E-state index in [4.69, 9.17) is 5.73 Å². The van der Waals surface area contributed by atoms with Gasteiger partial charge in [-0.05, 0) is 55.2 Å². The second kappa shape index (κ2) is 4.30. The Bertz CT molecular complexity index is 473. The lowest BCUT2D eigenvalue weighted by Gasteiger charge is -2.14. The molecule has 2 saturated carbocycles. The van der Waals surface area contributed by atoms with Gasteiger partial charge in [0.15, 0.2) is 0 Å². The Hall–Kier alpha value is -1.51. The summed E-state index contributed by atoms with van der Waals surface area (Å²) in [5.74, 6) is 2.20. The van der Waals surface area contributed by atoms with Gasteiger partial charge in [0.2, 0.25) is 5.91 Å². The lowest BCUT2D eigenvalue weighted by Crippen LogP contribution is -2.29. The highest BCUT2D eigenvalue weighted by Gasteiger charge is 2.47. The van der Waals surface area contributed by atoms with Crippen molar-refractivity contribution in [3.8, 4) is 0 Å². The zero-order valence-electron chi connectivity index (χ0n) is 10.8. The Labute approximate surface area is 108 Å². The topological polar surface area (TPSA) is 55.1 Å². The van der Waals surface area contributed by atoms with E-state index in [1.807, 2.05) is 25.1 Å². The van der Waals surface area contributed by atoms with E-state index in [2.05, 4.69) is 5.32 Å². The van der Waals surface area contributed by atoms with E-state index in [1.54, 1.807) is 0 Å². The van der Waals surface area contributed by atoms with Gasteiger partial charge in [0.1, 0.15) is 0 Å². The second-order valence-electron chi connectivity index (χ2n) is 5.77. The molecule has 18 heavy (non-hydrogen) atoms. The number of fused-ring (bicyclic) bond motifs is 1. The molecule has 3 N–H and O–H groups in total. The van der Waals surface area contributed by atoms with Gasteiger partial charge in [0.25, 0.3) is 0 Å². The third kappa shape index (κ3) is 2.09. The molecule has 96 valence electrons. The molecule has 0 aromatic heterocycles. The Balaban J connectivity index is 1.57. The molecule has 1 amide bonds. The van der Waals surface area contributed by atoms with E-state index in [1.165, 1.54) is 6.42 Å². The van der Waals surface area contributed by atoms with Crippen LogP contribution in [-0.4, -0.2) is 5.91 Å². The van der Waals surface area contributed by atoms with Crippen molar-refractivity contribution in [1.29, 1.82) is 0 Å². The van der Waals surface area contributed by atoms with Gasteiger partial charge in [-0.3, -0.25) is 4.79 Å². The van der Waals surface area contributed by atoms with Crippen molar-refractivity contribution in [2.24, 2.45) is 17.8 Å². The number of hydrogen-bond acceptors (Lipinski definition) is 2. The van der Waals surface area contributed by atoms with Crippen LogP contribution in [0.5, 0.6) is 0 Å². The molecule has 3 rings (SSSR count). The highest BCUT2D eigenvalue weighted by Crippen LogP contribution is 2.54. The van der Waals surface area contributed by atoms with Crippen LogP contribution in [0.4, 0.5) is 5.69 Å². The first-order valence-corrected chi connectivity index (χ1v) is 6.77. The number of benzene rings is 1. The molecule has 1 aromatic carbocycles. The van der Waals surface area contributed by atoms with E-state index < -0.39 is 0 Å². The SMILES string of the molecule is Cc1c(N)cccc1CNC(=O)C1CC2CC2C1. The predicted octanol–water partition coefficient (Wildman–Crippen LogP) is 2.24. The van der Waals surface area contributed by atoms with Crippen molar-refractivity contribution in [3.63, 3.8) is 0 Å². The smallest absolute Gasteiger partial charge is 0.223 e. The van der Waals surface area contributed by atoms with Gasteiger partial charge in [0, 0.05) is 18.2 Å². The van der Waals surface area contributed by atoms with Crippen molar-refractivity contribution in [2.45, 2.75) is 32.7 Å². The predicted molar refractivity (Wildman–Crippen MR) is 71.8 cm³/mol. The maximum atomic E-state index is 12.0. The molecule has 1 aromatic rings. The number of carbonyl (C=O) groups is 1. The molecule has 0 saturated heterocycles. The third-order valence-corrected chi connectivity index (χ3v) is 4.56. The number of nitrogen functional groups attached to an aromatic ring is 1. The molecular formula is C15H20N2O. The summed E-state index contributed by atoms with van der Waals surface area (Å²) in [6.07, 6.45) is 3.57. The Morgan fingerprint density at radius 3 is 2.78 bits per heavy atom. The van der Waals surface area contributed by atoms with Crippen molar-refractivity contribution in [2.75, 3.05) is 5.73 Å². The number of nitrogens with two attached hydrogens (primary N) is 1. The minimum atomic E-state index is 0.226. The fraction of sp³-hybridized carbons (Fsp3) is 0.533. The van der Waals surface area contributed by atoms with E-state index in [0.717, 1.165) is 41.5 Å². The first-order valence-electron chi connectivity index (χ1n) is 6.77. The Kier molecular flexibility index (Phi) is 2.77. The minimum absolute atomic E-state index is 0.226. The van der Waals surface area contributed by atoms with Crippen LogP contribution in [0.25, 0.3) is 0 Å². The molecule has 2 aliphatic carbocycles. The lowest BCUT2D eigenvalue weighted by molar-refractivity contribution is -0.125. The van der Waals surface area contributed by atoms with Gasteiger partial charge in [-0.2, -0.15) is 0 Å². The summed E-state index contributed by atoms with van der Waals surface area (Å²) < 4.78 is 0. The molecule has 0 spiro atoms. The number of nitrogens with one attached hydrogen (secondary N) is 1. The van der Waals surface area contributed by atoms with Gasteiger partial charge in [-0.1, -0.05) is 12.1 Å².